The molecule has 0 fully saturated rings. The van der Waals surface area contributed by atoms with Crippen molar-refractivity contribution >= 4 is 17.6 Å². The van der Waals surface area contributed by atoms with Gasteiger partial charge in [-0.2, -0.15) is 0 Å². The first-order valence-electron chi connectivity index (χ1n) is 7.95. The number of nitrogens with one attached hydrogen (secondary N) is 1. The Balaban J connectivity index is 2.87. The predicted molar refractivity (Wildman–Crippen MR) is 94.9 cm³/mol. The summed E-state index contributed by atoms with van der Waals surface area (Å²) in [6.45, 7) is 11.0. The summed E-state index contributed by atoms with van der Waals surface area (Å²) in [7, 11) is 0. The van der Waals surface area contributed by atoms with E-state index in [1.165, 1.54) is 5.56 Å². The summed E-state index contributed by atoms with van der Waals surface area (Å²) in [5, 5.41) is 11.8. The number of carbonyl (C=O) groups is 2. The lowest BCUT2D eigenvalue weighted by Crippen LogP contribution is -2.43. The van der Waals surface area contributed by atoms with E-state index >= 15 is 0 Å². The third kappa shape index (κ3) is 6.44. The number of amides is 1. The Labute approximate surface area is 143 Å². The number of alkyl carbamates (subject to hydrolysis) is 1. The van der Waals surface area contributed by atoms with E-state index in [-0.39, 0.29) is 6.42 Å². The van der Waals surface area contributed by atoms with Gasteiger partial charge in [-0.3, -0.25) is 0 Å². The molecule has 0 saturated heterocycles. The van der Waals surface area contributed by atoms with Gasteiger partial charge < -0.3 is 15.2 Å². The van der Waals surface area contributed by atoms with Crippen molar-refractivity contribution in [3.8, 4) is 0 Å². The second-order valence-corrected chi connectivity index (χ2v) is 7.01. The van der Waals surface area contributed by atoms with Crippen LogP contribution in [-0.4, -0.2) is 28.8 Å². The number of aryl methyl sites for hydroxylation is 1. The number of aliphatic carboxylic acids is 1. The third-order valence-electron chi connectivity index (χ3n) is 3.62. The van der Waals surface area contributed by atoms with Crippen molar-refractivity contribution in [3.05, 3.63) is 41.0 Å². The molecule has 1 aromatic rings. The van der Waals surface area contributed by atoms with Crippen molar-refractivity contribution in [1.29, 1.82) is 0 Å². The van der Waals surface area contributed by atoms with Crippen LogP contribution >= 0.6 is 0 Å². The molecule has 5 nitrogen and oxygen atoms in total. The molecule has 0 unspecified atom stereocenters. The van der Waals surface area contributed by atoms with Gasteiger partial charge >= 0.3 is 12.1 Å². The normalized spacial score (nSPS) is 13.8. The van der Waals surface area contributed by atoms with Gasteiger partial charge in [0.25, 0.3) is 0 Å². The molecule has 0 radical (unpaired) electrons. The average Bonchev–Trinajstić information content (AvgIpc) is 2.44. The fourth-order valence-corrected chi connectivity index (χ4v) is 2.16. The maximum Gasteiger partial charge on any atom is 0.408 e. The number of carbonyl (C=O) groups excluding carboxylic acids is 1. The van der Waals surface area contributed by atoms with Crippen LogP contribution in [-0.2, 0) is 9.53 Å². The molecule has 0 aliphatic carbocycles. The number of allylic oxidation sites excluding steroid dienone is 1. The quantitative estimate of drug-likeness (QED) is 0.848. The van der Waals surface area contributed by atoms with Gasteiger partial charge in [-0.1, -0.05) is 35.4 Å². The maximum absolute atomic E-state index is 11.8. The summed E-state index contributed by atoms with van der Waals surface area (Å²) < 4.78 is 5.13. The molecular formula is C19H27NO4. The lowest BCUT2D eigenvalue weighted by Gasteiger charge is -2.22. The Kier molecular flexibility index (Phi) is 6.58. The molecule has 1 rings (SSSR count). The number of carboxylic acid groups (broad SMARTS) is 1. The SMILES string of the molecule is C/C(C[C@H](NC(=O)OC(C)(C)C)C(=O)O)=C(/C)c1ccc(C)cc1. The number of rotatable bonds is 5. The van der Waals surface area contributed by atoms with E-state index in [1.54, 1.807) is 20.8 Å². The summed E-state index contributed by atoms with van der Waals surface area (Å²) in [5.74, 6) is -1.09. The summed E-state index contributed by atoms with van der Waals surface area (Å²) in [6.07, 6.45) is -0.510. The van der Waals surface area contributed by atoms with Gasteiger partial charge in [0.05, 0.1) is 0 Å². The molecule has 0 bridgehead atoms. The molecule has 0 heterocycles. The number of carboxylic acids is 1. The molecule has 0 aromatic heterocycles. The topological polar surface area (TPSA) is 75.6 Å². The summed E-state index contributed by atoms with van der Waals surface area (Å²) in [4.78, 5) is 23.3. The Morgan fingerprint density at radius 2 is 1.71 bits per heavy atom. The molecule has 24 heavy (non-hydrogen) atoms. The highest BCUT2D eigenvalue weighted by atomic mass is 16.6. The minimum Gasteiger partial charge on any atom is -0.480 e. The highest BCUT2D eigenvalue weighted by Crippen LogP contribution is 2.22. The highest BCUT2D eigenvalue weighted by Gasteiger charge is 2.24. The molecule has 1 amide bonds. The van der Waals surface area contributed by atoms with Crippen molar-refractivity contribution in [1.82, 2.24) is 5.32 Å². The second-order valence-electron chi connectivity index (χ2n) is 7.01. The van der Waals surface area contributed by atoms with Crippen LogP contribution in [0.5, 0.6) is 0 Å². The predicted octanol–water partition coefficient (Wildman–Crippen LogP) is 4.16. The first-order valence-corrected chi connectivity index (χ1v) is 7.95. The van der Waals surface area contributed by atoms with E-state index in [2.05, 4.69) is 5.32 Å². The number of ether oxygens (including phenoxy) is 1. The van der Waals surface area contributed by atoms with Crippen molar-refractivity contribution < 1.29 is 19.4 Å². The molecule has 0 aliphatic heterocycles. The first-order chi connectivity index (χ1) is 11.0. The minimum atomic E-state index is -1.09. The minimum absolute atomic E-state index is 0.217. The van der Waals surface area contributed by atoms with Gasteiger partial charge in [-0.15, -0.1) is 0 Å². The fraction of sp³-hybridized carbons (Fsp3) is 0.474. The van der Waals surface area contributed by atoms with Crippen LogP contribution in [0.2, 0.25) is 0 Å². The molecule has 132 valence electrons. The monoisotopic (exact) mass is 333 g/mol. The van der Waals surface area contributed by atoms with Crippen LogP contribution in [0.1, 0.15) is 52.2 Å². The Morgan fingerprint density at radius 1 is 1.17 bits per heavy atom. The number of benzene rings is 1. The third-order valence-corrected chi connectivity index (χ3v) is 3.62. The van der Waals surface area contributed by atoms with Crippen molar-refractivity contribution in [3.63, 3.8) is 0 Å². The second kappa shape index (κ2) is 7.99. The standard InChI is InChI=1S/C19H27NO4/c1-12-7-9-15(10-8-12)14(3)13(2)11-16(17(21)22)20-18(23)24-19(4,5)6/h7-10,16H,11H2,1-6H3,(H,20,23)(H,21,22)/b14-13+/t16-/m0/s1. The molecular weight excluding hydrogens is 306 g/mol. The van der Waals surface area contributed by atoms with E-state index in [0.29, 0.717) is 0 Å². The summed E-state index contributed by atoms with van der Waals surface area (Å²) in [5.41, 5.74) is 3.45. The van der Waals surface area contributed by atoms with Gasteiger partial charge in [0, 0.05) is 0 Å². The van der Waals surface area contributed by atoms with E-state index in [4.69, 9.17) is 4.74 Å². The molecule has 0 spiro atoms. The van der Waals surface area contributed by atoms with Crippen LogP contribution in [0.3, 0.4) is 0 Å². The van der Waals surface area contributed by atoms with Crippen molar-refractivity contribution in [2.45, 2.75) is 59.6 Å². The zero-order chi connectivity index (χ0) is 18.5. The average molecular weight is 333 g/mol. The van der Waals surface area contributed by atoms with Crippen molar-refractivity contribution in [2.75, 3.05) is 0 Å². The molecule has 2 N–H and O–H groups in total. The smallest absolute Gasteiger partial charge is 0.408 e. The zero-order valence-corrected chi connectivity index (χ0v) is 15.3. The van der Waals surface area contributed by atoms with Crippen LogP contribution < -0.4 is 5.32 Å². The molecule has 5 heteroatoms. The van der Waals surface area contributed by atoms with Gasteiger partial charge in [0.15, 0.2) is 0 Å². The van der Waals surface area contributed by atoms with Gasteiger partial charge in [0.2, 0.25) is 0 Å². The van der Waals surface area contributed by atoms with Gasteiger partial charge in [-0.25, -0.2) is 9.59 Å². The zero-order valence-electron chi connectivity index (χ0n) is 15.3. The van der Waals surface area contributed by atoms with E-state index in [9.17, 15) is 14.7 Å². The first kappa shape index (κ1) is 19.7. The Bertz CT molecular complexity index is 624. The maximum atomic E-state index is 11.8. The molecule has 0 aliphatic rings. The number of hydrogen-bond acceptors (Lipinski definition) is 3. The van der Waals surface area contributed by atoms with Crippen LogP contribution in [0.15, 0.2) is 29.8 Å². The van der Waals surface area contributed by atoms with Crippen molar-refractivity contribution in [2.24, 2.45) is 0 Å². The van der Waals surface area contributed by atoms with E-state index in [0.717, 1.165) is 16.7 Å². The Hall–Kier alpha value is -2.30. The van der Waals surface area contributed by atoms with Crippen LogP contribution in [0.25, 0.3) is 5.57 Å². The van der Waals surface area contributed by atoms with Gasteiger partial charge in [-0.05, 0) is 59.1 Å². The van der Waals surface area contributed by atoms with Crippen LogP contribution in [0.4, 0.5) is 4.79 Å². The summed E-state index contributed by atoms with van der Waals surface area (Å²) >= 11 is 0. The fourth-order valence-electron chi connectivity index (χ4n) is 2.16. The van der Waals surface area contributed by atoms with Gasteiger partial charge in [0.1, 0.15) is 11.6 Å². The Morgan fingerprint density at radius 3 is 2.17 bits per heavy atom. The molecule has 1 atom stereocenters. The molecule has 1 aromatic carbocycles. The highest BCUT2D eigenvalue weighted by molar-refractivity contribution is 5.81. The van der Waals surface area contributed by atoms with E-state index in [1.807, 2.05) is 45.0 Å². The van der Waals surface area contributed by atoms with Crippen LogP contribution in [0, 0.1) is 6.92 Å². The lowest BCUT2D eigenvalue weighted by atomic mass is 9.97. The lowest BCUT2D eigenvalue weighted by molar-refractivity contribution is -0.139. The summed E-state index contributed by atoms with van der Waals surface area (Å²) in [6, 6.07) is 7.01. The number of hydrogen-bond donors (Lipinski definition) is 2. The largest absolute Gasteiger partial charge is 0.480 e. The molecule has 0 saturated carbocycles. The van der Waals surface area contributed by atoms with E-state index < -0.39 is 23.7 Å².